The highest BCUT2D eigenvalue weighted by molar-refractivity contribution is 8.18. The van der Waals surface area contributed by atoms with E-state index in [-0.39, 0.29) is 17.7 Å². The van der Waals surface area contributed by atoms with E-state index in [1.807, 2.05) is 24.4 Å². The maximum Gasteiger partial charge on any atom is 0.294 e. The molecule has 4 rings (SSSR count). The van der Waals surface area contributed by atoms with Crippen LogP contribution in [0.3, 0.4) is 0 Å². The van der Waals surface area contributed by atoms with Crippen LogP contribution in [0.5, 0.6) is 0 Å². The molecule has 0 radical (unpaired) electrons. The summed E-state index contributed by atoms with van der Waals surface area (Å²) in [7, 11) is 0. The Morgan fingerprint density at radius 1 is 1.14 bits per heavy atom. The molecule has 0 bridgehead atoms. The second-order valence-electron chi connectivity index (χ2n) is 6.69. The van der Waals surface area contributed by atoms with Crippen molar-refractivity contribution in [3.05, 3.63) is 76.3 Å². The van der Waals surface area contributed by atoms with Gasteiger partial charge in [0.2, 0.25) is 0 Å². The number of hydrogen-bond acceptors (Lipinski definition) is 3. The van der Waals surface area contributed by atoms with Crippen molar-refractivity contribution in [3.8, 4) is 12.3 Å². The highest BCUT2D eigenvalue weighted by atomic mass is 32.2. The molecule has 0 spiro atoms. The third-order valence-corrected chi connectivity index (χ3v) is 5.57. The molecule has 4 nitrogen and oxygen atoms in total. The van der Waals surface area contributed by atoms with Gasteiger partial charge < -0.3 is 4.57 Å². The molecule has 0 aliphatic carbocycles. The number of aryl methyl sites for hydroxylation is 1. The summed E-state index contributed by atoms with van der Waals surface area (Å²) in [5.41, 5.74) is 4.42. The summed E-state index contributed by atoms with van der Waals surface area (Å²) < 4.78 is 2.17. The number of carbonyl (C=O) groups is 2. The second-order valence-corrected chi connectivity index (χ2v) is 7.68. The monoisotopic (exact) mass is 386 g/mol. The highest BCUT2D eigenvalue weighted by Gasteiger charge is 2.34. The Balaban J connectivity index is 1.74. The quantitative estimate of drug-likeness (QED) is 0.483. The fourth-order valence-electron chi connectivity index (χ4n) is 3.40. The predicted octanol–water partition coefficient (Wildman–Crippen LogP) is 4.67. The lowest BCUT2D eigenvalue weighted by Gasteiger charge is -2.06. The molecule has 2 amide bonds. The lowest BCUT2D eigenvalue weighted by molar-refractivity contribution is -0.122. The number of fused-ring (bicyclic) bond motifs is 1. The van der Waals surface area contributed by atoms with Crippen LogP contribution in [0, 0.1) is 19.3 Å². The van der Waals surface area contributed by atoms with Crippen molar-refractivity contribution in [1.29, 1.82) is 0 Å². The third kappa shape index (κ3) is 3.35. The number of amides is 2. The summed E-state index contributed by atoms with van der Waals surface area (Å²) in [5.74, 6) is 2.03. The summed E-state index contributed by atoms with van der Waals surface area (Å²) in [6.07, 6.45) is 9.08. The third-order valence-electron chi connectivity index (χ3n) is 4.66. The largest absolute Gasteiger partial charge is 0.342 e. The van der Waals surface area contributed by atoms with Crippen molar-refractivity contribution in [2.75, 3.05) is 6.54 Å². The summed E-state index contributed by atoms with van der Waals surface area (Å²) >= 11 is 0.934. The fraction of sp³-hybridized carbons (Fsp3) is 0.130. The van der Waals surface area contributed by atoms with Crippen molar-refractivity contribution >= 4 is 39.9 Å². The number of thioether (sulfide) groups is 1. The van der Waals surface area contributed by atoms with Crippen molar-refractivity contribution < 1.29 is 9.59 Å². The molecule has 0 atom stereocenters. The molecular formula is C23H18N2O2S. The van der Waals surface area contributed by atoms with E-state index in [4.69, 9.17) is 6.42 Å². The molecule has 2 heterocycles. The molecule has 1 saturated heterocycles. The van der Waals surface area contributed by atoms with Gasteiger partial charge in [0.05, 0.1) is 11.4 Å². The normalized spacial score (nSPS) is 15.6. The Hall–Kier alpha value is -3.23. The zero-order valence-corrected chi connectivity index (χ0v) is 16.2. The van der Waals surface area contributed by atoms with Gasteiger partial charge in [-0.25, -0.2) is 0 Å². The first kappa shape index (κ1) is 18.1. The molecule has 1 fully saturated rings. The Morgan fingerprint density at radius 3 is 2.75 bits per heavy atom. The van der Waals surface area contributed by atoms with Gasteiger partial charge in [-0.2, -0.15) is 0 Å². The molecule has 5 heteroatoms. The van der Waals surface area contributed by atoms with Gasteiger partial charge >= 0.3 is 0 Å². The van der Waals surface area contributed by atoms with Crippen LogP contribution in [0.2, 0.25) is 0 Å². The molecule has 138 valence electrons. The summed E-state index contributed by atoms with van der Waals surface area (Å²) in [6.45, 7) is 2.81. The van der Waals surface area contributed by atoms with Crippen molar-refractivity contribution in [2.45, 2.75) is 13.5 Å². The minimum absolute atomic E-state index is 0.00285. The standard InChI is InChI=1S/C23H18N2O2S/c1-3-11-25-22(26)21(28-23(25)27)13-18-15-24(20-10-5-4-9-19(18)20)14-17-8-6-7-16(2)12-17/h1,4-10,12-13,15H,11,14H2,2H3/b21-13+. The van der Waals surface area contributed by atoms with Crippen molar-refractivity contribution in [3.63, 3.8) is 0 Å². The Labute approximate surface area is 167 Å². The molecule has 1 aliphatic heterocycles. The lowest BCUT2D eigenvalue weighted by Crippen LogP contribution is -2.28. The number of imide groups is 1. The lowest BCUT2D eigenvalue weighted by atomic mass is 10.1. The first-order valence-electron chi connectivity index (χ1n) is 8.89. The SMILES string of the molecule is C#CCN1C(=O)S/C(=C/c2cn(Cc3cccc(C)c3)c3ccccc23)C1=O. The van der Waals surface area contributed by atoms with Gasteiger partial charge in [0.25, 0.3) is 11.1 Å². The number of benzene rings is 2. The molecule has 0 unspecified atom stereocenters. The molecule has 1 aromatic heterocycles. The van der Waals surface area contributed by atoms with Crippen LogP contribution in [-0.2, 0) is 11.3 Å². The minimum atomic E-state index is -0.330. The summed E-state index contributed by atoms with van der Waals surface area (Å²) in [4.78, 5) is 26.0. The first-order chi connectivity index (χ1) is 13.6. The Morgan fingerprint density at radius 2 is 1.96 bits per heavy atom. The van der Waals surface area contributed by atoms with Crippen LogP contribution in [0.1, 0.15) is 16.7 Å². The average molecular weight is 386 g/mol. The van der Waals surface area contributed by atoms with Gasteiger partial charge in [0.15, 0.2) is 0 Å². The first-order valence-corrected chi connectivity index (χ1v) is 9.70. The van der Waals surface area contributed by atoms with E-state index in [1.54, 1.807) is 6.08 Å². The number of para-hydroxylation sites is 1. The number of carbonyl (C=O) groups excluding carboxylic acids is 2. The van der Waals surface area contributed by atoms with Crippen LogP contribution >= 0.6 is 11.8 Å². The van der Waals surface area contributed by atoms with Gasteiger partial charge in [-0.05, 0) is 36.4 Å². The average Bonchev–Trinajstić information content (AvgIpc) is 3.15. The smallest absolute Gasteiger partial charge is 0.294 e. The van der Waals surface area contributed by atoms with E-state index in [0.717, 1.165) is 39.7 Å². The molecule has 2 aromatic carbocycles. The number of aromatic nitrogens is 1. The van der Waals surface area contributed by atoms with Gasteiger partial charge in [0, 0.05) is 29.2 Å². The van der Waals surface area contributed by atoms with Crippen LogP contribution < -0.4 is 0 Å². The number of rotatable bonds is 4. The number of nitrogens with zero attached hydrogens (tertiary/aromatic N) is 2. The van der Waals surface area contributed by atoms with Gasteiger partial charge in [0.1, 0.15) is 0 Å². The Bertz CT molecular complexity index is 1170. The van der Waals surface area contributed by atoms with E-state index in [9.17, 15) is 9.59 Å². The molecular weight excluding hydrogens is 368 g/mol. The van der Waals surface area contributed by atoms with E-state index in [1.165, 1.54) is 11.1 Å². The van der Waals surface area contributed by atoms with Crippen LogP contribution in [-0.4, -0.2) is 27.2 Å². The zero-order valence-electron chi connectivity index (χ0n) is 15.4. The maximum absolute atomic E-state index is 12.5. The summed E-state index contributed by atoms with van der Waals surface area (Å²) in [5, 5.41) is 0.719. The zero-order chi connectivity index (χ0) is 19.7. The molecule has 1 aliphatic rings. The van der Waals surface area contributed by atoms with Gasteiger partial charge in [-0.3, -0.25) is 14.5 Å². The van der Waals surface area contributed by atoms with Crippen molar-refractivity contribution in [1.82, 2.24) is 9.47 Å². The second kappa shape index (κ2) is 7.41. The van der Waals surface area contributed by atoms with E-state index in [0.29, 0.717) is 4.91 Å². The molecule has 3 aromatic rings. The highest BCUT2D eigenvalue weighted by Crippen LogP contribution is 2.34. The number of terminal acetylenes is 1. The molecule has 28 heavy (non-hydrogen) atoms. The van der Waals surface area contributed by atoms with Crippen LogP contribution in [0.15, 0.2) is 59.6 Å². The maximum atomic E-state index is 12.5. The topological polar surface area (TPSA) is 42.3 Å². The number of hydrogen-bond donors (Lipinski definition) is 0. The predicted molar refractivity (Wildman–Crippen MR) is 114 cm³/mol. The van der Waals surface area contributed by atoms with E-state index >= 15 is 0 Å². The van der Waals surface area contributed by atoms with Gasteiger partial charge in [-0.15, -0.1) is 6.42 Å². The molecule has 0 saturated carbocycles. The Kier molecular flexibility index (Phi) is 4.81. The minimum Gasteiger partial charge on any atom is -0.342 e. The molecule has 0 N–H and O–H groups in total. The van der Waals surface area contributed by atoms with Crippen molar-refractivity contribution in [2.24, 2.45) is 0 Å². The van der Waals surface area contributed by atoms with Gasteiger partial charge in [-0.1, -0.05) is 53.9 Å². The summed E-state index contributed by atoms with van der Waals surface area (Å²) in [6, 6.07) is 16.5. The van der Waals surface area contributed by atoms with Crippen LogP contribution in [0.25, 0.3) is 17.0 Å². The fourth-order valence-corrected chi connectivity index (χ4v) is 4.23. The van der Waals surface area contributed by atoms with Crippen LogP contribution in [0.4, 0.5) is 4.79 Å². The van der Waals surface area contributed by atoms with E-state index in [2.05, 4.69) is 47.7 Å². The van der Waals surface area contributed by atoms with E-state index < -0.39 is 0 Å².